The minimum atomic E-state index is -0.513. The molecule has 114 valence electrons. The number of nitrogen functional groups attached to an aromatic ring is 1. The molecule has 1 atom stereocenters. The molecule has 6 heteroatoms. The van der Waals surface area contributed by atoms with Crippen LogP contribution in [0.5, 0.6) is 0 Å². The molecule has 0 spiro atoms. The maximum absolute atomic E-state index is 12.6. The van der Waals surface area contributed by atoms with Gasteiger partial charge in [-0.05, 0) is 37.5 Å². The fraction of sp³-hybridized carbons (Fsp3) is 0.467. The number of carbonyl (C=O) groups is 2. The first-order chi connectivity index (χ1) is 9.91. The van der Waals surface area contributed by atoms with Gasteiger partial charge in [0.15, 0.2) is 0 Å². The van der Waals surface area contributed by atoms with Crippen molar-refractivity contribution in [2.75, 3.05) is 31.3 Å². The van der Waals surface area contributed by atoms with E-state index < -0.39 is 11.9 Å². The van der Waals surface area contributed by atoms with Gasteiger partial charge in [-0.2, -0.15) is 0 Å². The van der Waals surface area contributed by atoms with Crippen LogP contribution in [0.1, 0.15) is 29.6 Å². The van der Waals surface area contributed by atoms with Crippen molar-refractivity contribution in [3.05, 3.63) is 23.8 Å². The Morgan fingerprint density at radius 1 is 1.29 bits per heavy atom. The van der Waals surface area contributed by atoms with E-state index in [1.165, 1.54) is 0 Å². The van der Waals surface area contributed by atoms with Crippen LogP contribution >= 0.6 is 0 Å². The molecule has 0 radical (unpaired) electrons. The Kier molecular flexibility index (Phi) is 4.35. The van der Waals surface area contributed by atoms with Crippen LogP contribution in [0.2, 0.25) is 0 Å². The van der Waals surface area contributed by atoms with Crippen LogP contribution < -0.4 is 16.4 Å². The van der Waals surface area contributed by atoms with Gasteiger partial charge in [0.1, 0.15) is 6.04 Å². The normalized spacial score (nSPS) is 18.4. The molecule has 1 saturated heterocycles. The maximum atomic E-state index is 12.6. The van der Waals surface area contributed by atoms with Gasteiger partial charge in [0.05, 0.1) is 11.4 Å². The molecule has 4 N–H and O–H groups in total. The molecular weight excluding hydrogens is 268 g/mol. The molecule has 2 rings (SSSR count). The Hall–Kier alpha value is -2.24. The number of rotatable bonds is 3. The predicted molar refractivity (Wildman–Crippen MR) is 83.1 cm³/mol. The summed E-state index contributed by atoms with van der Waals surface area (Å²) in [4.78, 5) is 27.6. The molecule has 1 fully saturated rings. The van der Waals surface area contributed by atoms with Crippen molar-refractivity contribution in [1.29, 1.82) is 0 Å². The van der Waals surface area contributed by atoms with E-state index in [2.05, 4.69) is 0 Å². The molecule has 6 nitrogen and oxygen atoms in total. The Morgan fingerprint density at radius 3 is 2.57 bits per heavy atom. The van der Waals surface area contributed by atoms with Gasteiger partial charge in [-0.1, -0.05) is 0 Å². The van der Waals surface area contributed by atoms with E-state index in [4.69, 9.17) is 11.5 Å². The van der Waals surface area contributed by atoms with Crippen LogP contribution in [0.3, 0.4) is 0 Å². The number of nitrogens with zero attached hydrogens (tertiary/aromatic N) is 2. The van der Waals surface area contributed by atoms with Gasteiger partial charge in [0.25, 0.3) is 5.91 Å². The second-order valence-corrected chi connectivity index (χ2v) is 5.58. The highest BCUT2D eigenvalue weighted by molar-refractivity contribution is 5.99. The Bertz CT molecular complexity index is 557. The van der Waals surface area contributed by atoms with E-state index in [0.29, 0.717) is 24.2 Å². The summed E-state index contributed by atoms with van der Waals surface area (Å²) in [6, 6.07) is 4.69. The lowest BCUT2D eigenvalue weighted by Gasteiger charge is -2.33. The summed E-state index contributed by atoms with van der Waals surface area (Å²) in [6.45, 7) is 0.557. The first kappa shape index (κ1) is 15.2. The Balaban J connectivity index is 2.26. The van der Waals surface area contributed by atoms with Gasteiger partial charge in [0, 0.05) is 26.2 Å². The Labute approximate surface area is 124 Å². The predicted octanol–water partition coefficient (Wildman–Crippen LogP) is 0.815. The van der Waals surface area contributed by atoms with Crippen molar-refractivity contribution >= 4 is 23.2 Å². The lowest BCUT2D eigenvalue weighted by molar-refractivity contribution is -0.123. The lowest BCUT2D eigenvalue weighted by atomic mass is 10.00. The van der Waals surface area contributed by atoms with Crippen LogP contribution in [-0.4, -0.2) is 43.4 Å². The molecule has 1 aliphatic heterocycles. The van der Waals surface area contributed by atoms with Crippen molar-refractivity contribution in [3.63, 3.8) is 0 Å². The molecule has 1 heterocycles. The Morgan fingerprint density at radius 2 is 2.00 bits per heavy atom. The first-order valence-corrected chi connectivity index (χ1v) is 7.09. The van der Waals surface area contributed by atoms with Crippen LogP contribution in [0.4, 0.5) is 11.4 Å². The van der Waals surface area contributed by atoms with Crippen molar-refractivity contribution in [2.24, 2.45) is 5.73 Å². The third-order valence-corrected chi connectivity index (χ3v) is 3.85. The molecule has 0 bridgehead atoms. The highest BCUT2D eigenvalue weighted by Gasteiger charge is 2.31. The number of primary amides is 1. The van der Waals surface area contributed by atoms with Crippen molar-refractivity contribution in [3.8, 4) is 0 Å². The quantitative estimate of drug-likeness (QED) is 0.806. The minimum absolute atomic E-state index is 0.185. The average molecular weight is 290 g/mol. The summed E-state index contributed by atoms with van der Waals surface area (Å²) in [5.41, 5.74) is 13.3. The summed E-state index contributed by atoms with van der Waals surface area (Å²) in [5, 5.41) is 0. The molecule has 2 amide bonds. The largest absolute Gasteiger partial charge is 0.397 e. The topological polar surface area (TPSA) is 92.7 Å². The SMILES string of the molecule is CN(C)c1ccc(C(=O)N2CCCCC2C(N)=O)cc1N. The highest BCUT2D eigenvalue weighted by Crippen LogP contribution is 2.25. The zero-order valence-electron chi connectivity index (χ0n) is 12.5. The third-order valence-electron chi connectivity index (χ3n) is 3.85. The first-order valence-electron chi connectivity index (χ1n) is 7.09. The number of carbonyl (C=O) groups excluding carboxylic acids is 2. The number of piperidine rings is 1. The standard InChI is InChI=1S/C15H22N4O2/c1-18(2)12-7-6-10(9-11(12)16)15(21)19-8-4-3-5-13(19)14(17)20/h6-7,9,13H,3-5,8,16H2,1-2H3,(H2,17,20). The number of nitrogens with two attached hydrogens (primary N) is 2. The van der Waals surface area contributed by atoms with E-state index in [1.807, 2.05) is 25.1 Å². The van der Waals surface area contributed by atoms with Gasteiger partial charge in [-0.15, -0.1) is 0 Å². The molecule has 0 aromatic heterocycles. The van der Waals surface area contributed by atoms with Crippen LogP contribution in [0, 0.1) is 0 Å². The summed E-state index contributed by atoms with van der Waals surface area (Å²) >= 11 is 0. The maximum Gasteiger partial charge on any atom is 0.254 e. The summed E-state index contributed by atoms with van der Waals surface area (Å²) in [6.07, 6.45) is 2.44. The minimum Gasteiger partial charge on any atom is -0.397 e. The fourth-order valence-electron chi connectivity index (χ4n) is 2.73. The summed E-state index contributed by atoms with van der Waals surface area (Å²) < 4.78 is 0. The molecule has 1 unspecified atom stereocenters. The van der Waals surface area contributed by atoms with E-state index in [1.54, 1.807) is 17.0 Å². The van der Waals surface area contributed by atoms with E-state index >= 15 is 0 Å². The van der Waals surface area contributed by atoms with Crippen LogP contribution in [0.15, 0.2) is 18.2 Å². The average Bonchev–Trinajstić information content (AvgIpc) is 2.45. The smallest absolute Gasteiger partial charge is 0.254 e. The molecule has 1 aliphatic rings. The molecule has 1 aromatic rings. The molecular formula is C15H22N4O2. The van der Waals surface area contributed by atoms with E-state index in [-0.39, 0.29) is 5.91 Å². The van der Waals surface area contributed by atoms with Gasteiger partial charge >= 0.3 is 0 Å². The summed E-state index contributed by atoms with van der Waals surface area (Å²) in [7, 11) is 3.78. The van der Waals surface area contributed by atoms with E-state index in [9.17, 15) is 9.59 Å². The molecule has 0 aliphatic carbocycles. The number of benzene rings is 1. The monoisotopic (exact) mass is 290 g/mol. The van der Waals surface area contributed by atoms with Crippen LogP contribution in [0.25, 0.3) is 0 Å². The zero-order valence-corrected chi connectivity index (χ0v) is 12.5. The van der Waals surface area contributed by atoms with E-state index in [0.717, 1.165) is 18.5 Å². The number of amides is 2. The lowest BCUT2D eigenvalue weighted by Crippen LogP contribution is -2.50. The van der Waals surface area contributed by atoms with Crippen molar-refractivity contribution < 1.29 is 9.59 Å². The van der Waals surface area contributed by atoms with Gasteiger partial charge < -0.3 is 21.3 Å². The van der Waals surface area contributed by atoms with Gasteiger partial charge in [-0.3, -0.25) is 9.59 Å². The molecule has 0 saturated carbocycles. The van der Waals surface area contributed by atoms with Gasteiger partial charge in [-0.25, -0.2) is 0 Å². The van der Waals surface area contributed by atoms with Gasteiger partial charge in [0.2, 0.25) is 5.91 Å². The highest BCUT2D eigenvalue weighted by atomic mass is 16.2. The molecule has 1 aromatic carbocycles. The second-order valence-electron chi connectivity index (χ2n) is 5.58. The second kappa shape index (κ2) is 6.03. The van der Waals surface area contributed by atoms with Crippen LogP contribution in [-0.2, 0) is 4.79 Å². The van der Waals surface area contributed by atoms with Crippen molar-refractivity contribution in [2.45, 2.75) is 25.3 Å². The number of anilines is 2. The number of hydrogen-bond donors (Lipinski definition) is 2. The third kappa shape index (κ3) is 3.09. The summed E-state index contributed by atoms with van der Waals surface area (Å²) in [5.74, 6) is -0.628. The molecule has 21 heavy (non-hydrogen) atoms. The fourth-order valence-corrected chi connectivity index (χ4v) is 2.73. The van der Waals surface area contributed by atoms with Crippen molar-refractivity contribution in [1.82, 2.24) is 4.90 Å². The number of hydrogen-bond acceptors (Lipinski definition) is 4. The number of likely N-dealkylation sites (tertiary alicyclic amines) is 1. The zero-order chi connectivity index (χ0) is 15.6.